The predicted molar refractivity (Wildman–Crippen MR) is 131 cm³/mol. The third kappa shape index (κ3) is 4.35. The molecular weight excluding hydrogens is 467 g/mol. The van der Waals surface area contributed by atoms with E-state index in [1.807, 2.05) is 26.0 Å². The van der Waals surface area contributed by atoms with Gasteiger partial charge in [0.25, 0.3) is 5.91 Å². The number of halogens is 1. The average molecular weight is 491 g/mol. The van der Waals surface area contributed by atoms with Crippen molar-refractivity contribution in [1.82, 2.24) is 10.5 Å². The van der Waals surface area contributed by atoms with Crippen LogP contribution < -0.4 is 5.32 Å². The molecule has 9 heteroatoms. The van der Waals surface area contributed by atoms with Gasteiger partial charge >= 0.3 is 0 Å². The smallest absolute Gasteiger partial charge is 0.257 e. The third-order valence-electron chi connectivity index (χ3n) is 6.52. The molecule has 0 unspecified atom stereocenters. The minimum absolute atomic E-state index is 0.0370. The summed E-state index contributed by atoms with van der Waals surface area (Å²) in [6, 6.07) is 15.0. The Balaban J connectivity index is 1.56. The van der Waals surface area contributed by atoms with Gasteiger partial charge in [0.2, 0.25) is 0 Å². The number of nitrogens with zero attached hydrogens (tertiary/aromatic N) is 3. The SMILES string of the molecule is [C-]#[N+]c1ccc(F)c([C@]23CO[C@@H](c4cc(C)no4)C[C@H]2[C@@H](C)SC(NC(=O)c2ccccc2)=N3)c1. The standard InChI is InChI=1S/C26H23FN4O3S/c1-15-11-23(34-31-15)22-13-19-16(2)35-25(29-24(32)17-7-5-4-6-8-17)30-26(19,14-33-22)20-12-18(28-3)9-10-21(20)27/h4-12,16,19,22H,13-14H2,1-2H3,(H,29,30,32)/t16-,19+,22-,26+/m1/s1. The highest BCUT2D eigenvalue weighted by atomic mass is 32.2. The fraction of sp³-hybridized carbons (Fsp3) is 0.308. The molecule has 2 aromatic carbocycles. The van der Waals surface area contributed by atoms with Gasteiger partial charge in [-0.15, -0.1) is 0 Å². The Morgan fingerprint density at radius 1 is 1.26 bits per heavy atom. The first-order valence-corrected chi connectivity index (χ1v) is 12.1. The molecule has 0 bridgehead atoms. The van der Waals surface area contributed by atoms with Gasteiger partial charge in [0.05, 0.1) is 18.9 Å². The van der Waals surface area contributed by atoms with Crippen LogP contribution in [0.15, 0.2) is 64.1 Å². The number of nitrogens with one attached hydrogen (secondary N) is 1. The molecule has 4 atom stereocenters. The minimum atomic E-state index is -1.11. The van der Waals surface area contributed by atoms with E-state index in [0.717, 1.165) is 5.69 Å². The van der Waals surface area contributed by atoms with Gasteiger partial charge in [-0.05, 0) is 37.6 Å². The van der Waals surface area contributed by atoms with E-state index in [0.29, 0.717) is 34.2 Å². The minimum Gasteiger partial charge on any atom is -0.367 e. The predicted octanol–water partition coefficient (Wildman–Crippen LogP) is 5.57. The van der Waals surface area contributed by atoms with Crippen molar-refractivity contribution in [3.8, 4) is 0 Å². The van der Waals surface area contributed by atoms with Crippen molar-refractivity contribution in [3.05, 3.63) is 94.4 Å². The lowest BCUT2D eigenvalue weighted by atomic mass is 9.72. The zero-order chi connectivity index (χ0) is 24.6. The average Bonchev–Trinajstić information content (AvgIpc) is 3.30. The first-order chi connectivity index (χ1) is 16.9. The molecule has 2 aliphatic rings. The quantitative estimate of drug-likeness (QED) is 0.486. The number of amides is 1. The Kier molecular flexibility index (Phi) is 6.17. The largest absolute Gasteiger partial charge is 0.367 e. The van der Waals surface area contributed by atoms with E-state index < -0.39 is 11.4 Å². The summed E-state index contributed by atoms with van der Waals surface area (Å²) in [6.45, 7) is 11.4. The number of carbonyl (C=O) groups excluding carboxylic acids is 1. The highest BCUT2D eigenvalue weighted by Crippen LogP contribution is 2.53. The van der Waals surface area contributed by atoms with Crippen LogP contribution in [0.2, 0.25) is 0 Å². The van der Waals surface area contributed by atoms with Crippen molar-refractivity contribution in [2.75, 3.05) is 6.61 Å². The van der Waals surface area contributed by atoms with Crippen LogP contribution >= 0.6 is 11.8 Å². The van der Waals surface area contributed by atoms with E-state index in [9.17, 15) is 4.79 Å². The Bertz CT molecular complexity index is 1340. The zero-order valence-electron chi connectivity index (χ0n) is 19.2. The molecule has 1 amide bonds. The Morgan fingerprint density at radius 2 is 2.06 bits per heavy atom. The van der Waals surface area contributed by atoms with Gasteiger partial charge in [-0.1, -0.05) is 48.1 Å². The Hall–Kier alpha value is -3.48. The number of benzene rings is 2. The summed E-state index contributed by atoms with van der Waals surface area (Å²) in [4.78, 5) is 21.3. The van der Waals surface area contributed by atoms with E-state index >= 15 is 4.39 Å². The summed E-state index contributed by atoms with van der Waals surface area (Å²) in [7, 11) is 0. The molecule has 1 N–H and O–H groups in total. The fourth-order valence-corrected chi connectivity index (χ4v) is 6.01. The van der Waals surface area contributed by atoms with E-state index in [1.54, 1.807) is 30.3 Å². The van der Waals surface area contributed by atoms with Gasteiger partial charge in [0.1, 0.15) is 17.5 Å². The zero-order valence-corrected chi connectivity index (χ0v) is 20.0. The Morgan fingerprint density at radius 3 is 2.77 bits per heavy atom. The molecule has 0 saturated carbocycles. The van der Waals surface area contributed by atoms with E-state index in [4.69, 9.17) is 20.8 Å². The molecule has 1 fully saturated rings. The van der Waals surface area contributed by atoms with Gasteiger partial charge in [0.15, 0.2) is 16.6 Å². The van der Waals surface area contributed by atoms with E-state index in [-0.39, 0.29) is 29.8 Å². The molecule has 0 spiro atoms. The molecule has 2 aliphatic heterocycles. The van der Waals surface area contributed by atoms with Crippen LogP contribution in [0.5, 0.6) is 0 Å². The van der Waals surface area contributed by atoms with Crippen molar-refractivity contribution < 1.29 is 18.4 Å². The second-order valence-corrected chi connectivity index (χ2v) is 10.1. The maximum atomic E-state index is 15.3. The number of aryl methyl sites for hydroxylation is 1. The third-order valence-corrected chi connectivity index (χ3v) is 7.63. The number of rotatable bonds is 3. The highest BCUT2D eigenvalue weighted by Gasteiger charge is 2.53. The van der Waals surface area contributed by atoms with Crippen LogP contribution in [0.25, 0.3) is 4.85 Å². The molecule has 1 aromatic heterocycles. The molecule has 35 heavy (non-hydrogen) atoms. The molecule has 5 rings (SSSR count). The number of aliphatic imine (C=N–C) groups is 1. The number of hydrogen-bond donors (Lipinski definition) is 1. The van der Waals surface area contributed by atoms with E-state index in [2.05, 4.69) is 15.3 Å². The number of carbonyl (C=O) groups is 1. The Labute approximate surface area is 206 Å². The van der Waals surface area contributed by atoms with Gasteiger partial charge < -0.3 is 14.6 Å². The van der Waals surface area contributed by atoms with Crippen molar-refractivity contribution in [1.29, 1.82) is 0 Å². The second-order valence-electron chi connectivity index (χ2n) is 8.77. The summed E-state index contributed by atoms with van der Waals surface area (Å²) in [5, 5.41) is 7.23. The van der Waals surface area contributed by atoms with Gasteiger partial charge in [0, 0.05) is 28.4 Å². The monoisotopic (exact) mass is 490 g/mol. The number of ether oxygens (including phenoxy) is 1. The molecular formula is C26H23FN4O3S. The number of hydrogen-bond acceptors (Lipinski definition) is 6. The number of thioether (sulfide) groups is 1. The van der Waals surface area contributed by atoms with E-state index in [1.165, 1.54) is 23.9 Å². The van der Waals surface area contributed by atoms with Crippen LogP contribution in [0, 0.1) is 25.2 Å². The molecule has 0 aliphatic carbocycles. The summed E-state index contributed by atoms with van der Waals surface area (Å²) < 4.78 is 27.0. The highest BCUT2D eigenvalue weighted by molar-refractivity contribution is 8.14. The van der Waals surface area contributed by atoms with Crippen molar-refractivity contribution in [2.45, 2.75) is 37.2 Å². The molecule has 3 heterocycles. The number of fused-ring (bicyclic) bond motifs is 1. The fourth-order valence-electron chi connectivity index (χ4n) is 4.79. The summed E-state index contributed by atoms with van der Waals surface area (Å²) in [6.07, 6.45) is 0.175. The maximum absolute atomic E-state index is 15.3. The lowest BCUT2D eigenvalue weighted by molar-refractivity contribution is -0.0744. The molecule has 1 saturated heterocycles. The van der Waals surface area contributed by atoms with Gasteiger partial charge in [-0.25, -0.2) is 14.2 Å². The molecule has 178 valence electrons. The summed E-state index contributed by atoms with van der Waals surface area (Å²) >= 11 is 1.44. The summed E-state index contributed by atoms with van der Waals surface area (Å²) in [5.41, 5.74) is 0.758. The van der Waals surface area contributed by atoms with Crippen LogP contribution in [0.1, 0.15) is 46.8 Å². The number of amidine groups is 1. The van der Waals surface area contributed by atoms with Crippen LogP contribution in [-0.2, 0) is 10.3 Å². The normalized spacial score (nSPS) is 25.8. The van der Waals surface area contributed by atoms with Crippen LogP contribution in [0.3, 0.4) is 0 Å². The van der Waals surface area contributed by atoms with Crippen LogP contribution in [-0.4, -0.2) is 28.1 Å². The first kappa shape index (κ1) is 23.3. The molecule has 7 nitrogen and oxygen atoms in total. The van der Waals surface area contributed by atoms with Crippen molar-refractivity contribution in [3.63, 3.8) is 0 Å². The first-order valence-electron chi connectivity index (χ1n) is 11.2. The topological polar surface area (TPSA) is 81.1 Å². The summed E-state index contributed by atoms with van der Waals surface area (Å²) in [5.74, 6) is -0.281. The maximum Gasteiger partial charge on any atom is 0.257 e. The van der Waals surface area contributed by atoms with Crippen molar-refractivity contribution >= 4 is 28.5 Å². The van der Waals surface area contributed by atoms with Gasteiger partial charge in [-0.2, -0.15) is 0 Å². The van der Waals surface area contributed by atoms with Crippen LogP contribution in [0.4, 0.5) is 10.1 Å². The second kappa shape index (κ2) is 9.29. The lowest BCUT2D eigenvalue weighted by Crippen LogP contribution is -2.52. The lowest BCUT2D eigenvalue weighted by Gasteiger charge is -2.48. The van der Waals surface area contributed by atoms with Gasteiger partial charge in [-0.3, -0.25) is 4.79 Å². The molecule has 3 aromatic rings. The van der Waals surface area contributed by atoms with Crippen molar-refractivity contribution in [2.24, 2.45) is 10.9 Å². The molecule has 0 radical (unpaired) electrons. The number of aromatic nitrogens is 1.